The number of aliphatic hydroxyl groups excluding tert-OH is 1. The fourth-order valence-corrected chi connectivity index (χ4v) is 8.44. The zero-order valence-electron chi connectivity index (χ0n) is 20.6. The number of anilines is 1. The number of thioether (sulfide) groups is 1. The molecule has 3 amide bonds. The Kier molecular flexibility index (Phi) is 8.17. The molecule has 3 fully saturated rings. The molecule has 5 atom stereocenters. The fraction of sp³-hybridized carbons (Fsp3) is 0.519. The first kappa shape index (κ1) is 26.8. The van der Waals surface area contributed by atoms with Crippen LogP contribution in [0.2, 0.25) is 5.02 Å². The van der Waals surface area contributed by atoms with E-state index in [1.165, 1.54) is 0 Å². The van der Waals surface area contributed by atoms with Crippen molar-refractivity contribution in [2.45, 2.75) is 41.7 Å². The van der Waals surface area contributed by atoms with Crippen LogP contribution in [-0.4, -0.2) is 82.0 Å². The summed E-state index contributed by atoms with van der Waals surface area (Å²) in [5.41, 5.74) is 0.683. The van der Waals surface area contributed by atoms with Crippen molar-refractivity contribution in [1.82, 2.24) is 9.80 Å². The summed E-state index contributed by atoms with van der Waals surface area (Å²) in [6.45, 7) is 8.66. The minimum Gasteiger partial charge on any atom is -0.396 e. The normalized spacial score (nSPS) is 28.2. The van der Waals surface area contributed by atoms with Gasteiger partial charge < -0.3 is 19.8 Å². The highest BCUT2D eigenvalue weighted by Gasteiger charge is 2.73. The van der Waals surface area contributed by atoms with Crippen molar-refractivity contribution < 1.29 is 19.5 Å². The number of likely N-dealkylation sites (tertiary alicyclic amines) is 1. The second-order valence-corrected chi connectivity index (χ2v) is 11.8. The molecule has 194 valence electrons. The molecule has 4 rings (SSSR count). The fourth-order valence-electron chi connectivity index (χ4n) is 6.11. The Morgan fingerprint density at radius 2 is 1.89 bits per heavy atom. The molecule has 2 unspecified atom stereocenters. The van der Waals surface area contributed by atoms with Crippen molar-refractivity contribution in [3.8, 4) is 0 Å². The Morgan fingerprint density at radius 1 is 1.19 bits per heavy atom. The molecular weight excluding hydrogens is 498 g/mol. The van der Waals surface area contributed by atoms with Crippen LogP contribution in [0.15, 0.2) is 49.6 Å². The summed E-state index contributed by atoms with van der Waals surface area (Å²) in [5.74, 6) is -1.35. The van der Waals surface area contributed by atoms with Crippen LogP contribution in [0.25, 0.3) is 0 Å². The van der Waals surface area contributed by atoms with Gasteiger partial charge in [0, 0.05) is 49.2 Å². The first-order valence-electron chi connectivity index (χ1n) is 12.4. The van der Waals surface area contributed by atoms with Gasteiger partial charge in [-0.25, -0.2) is 0 Å². The number of hydrogen-bond acceptors (Lipinski definition) is 5. The first-order valence-corrected chi connectivity index (χ1v) is 13.7. The van der Waals surface area contributed by atoms with Crippen LogP contribution < -0.4 is 4.90 Å². The lowest BCUT2D eigenvalue weighted by atomic mass is 9.70. The van der Waals surface area contributed by atoms with Gasteiger partial charge in [-0.3, -0.25) is 14.4 Å². The van der Waals surface area contributed by atoms with Gasteiger partial charge in [-0.1, -0.05) is 23.8 Å². The SMILES string of the molecule is C=CCN(C)C(=O)[C@@H]1[C@@H]2CCC3(S2)C(C(=O)N(CC=C)c2ccc(Cl)cc2)N(CCCCO)C(=O)[C@H]13. The maximum absolute atomic E-state index is 14.3. The molecule has 3 aliphatic heterocycles. The third-order valence-electron chi connectivity index (χ3n) is 7.62. The highest BCUT2D eigenvalue weighted by atomic mass is 35.5. The van der Waals surface area contributed by atoms with Gasteiger partial charge in [-0.2, -0.15) is 0 Å². The zero-order chi connectivity index (χ0) is 26.0. The van der Waals surface area contributed by atoms with Gasteiger partial charge in [0.15, 0.2) is 0 Å². The average Bonchev–Trinajstić information content (AvgIpc) is 3.50. The number of fused-ring (bicyclic) bond motifs is 1. The number of carbonyl (C=O) groups excluding carboxylic acids is 3. The van der Waals surface area contributed by atoms with Crippen molar-refractivity contribution in [1.29, 1.82) is 0 Å². The number of rotatable bonds is 11. The van der Waals surface area contributed by atoms with E-state index in [2.05, 4.69) is 13.2 Å². The summed E-state index contributed by atoms with van der Waals surface area (Å²) in [6.07, 6.45) is 5.98. The molecule has 1 spiro atoms. The topological polar surface area (TPSA) is 81.2 Å². The van der Waals surface area contributed by atoms with Crippen molar-refractivity contribution in [3.05, 3.63) is 54.6 Å². The molecule has 3 aliphatic rings. The zero-order valence-corrected chi connectivity index (χ0v) is 22.2. The molecule has 1 aromatic carbocycles. The van der Waals surface area contributed by atoms with E-state index in [-0.39, 0.29) is 36.1 Å². The number of benzene rings is 1. The number of hydrogen-bond donors (Lipinski definition) is 1. The molecule has 0 aromatic heterocycles. The molecule has 3 saturated heterocycles. The van der Waals surface area contributed by atoms with Gasteiger partial charge in [0.05, 0.1) is 16.6 Å². The van der Waals surface area contributed by atoms with E-state index in [0.717, 1.165) is 6.42 Å². The van der Waals surface area contributed by atoms with Crippen molar-refractivity contribution in [3.63, 3.8) is 0 Å². The number of unbranched alkanes of at least 4 members (excludes halogenated alkanes) is 1. The molecular formula is C27H34ClN3O4S. The van der Waals surface area contributed by atoms with Crippen LogP contribution in [0.3, 0.4) is 0 Å². The summed E-state index contributed by atoms with van der Waals surface area (Å²) >= 11 is 7.75. The number of carbonyl (C=O) groups is 3. The Bertz CT molecular complexity index is 1030. The van der Waals surface area contributed by atoms with Gasteiger partial charge in [0.1, 0.15) is 6.04 Å². The van der Waals surface area contributed by atoms with Crippen LogP contribution in [0, 0.1) is 11.8 Å². The molecule has 0 radical (unpaired) electrons. The van der Waals surface area contributed by atoms with E-state index in [4.69, 9.17) is 11.6 Å². The Labute approximate surface area is 222 Å². The summed E-state index contributed by atoms with van der Waals surface area (Å²) in [6, 6.07) is 6.37. The summed E-state index contributed by atoms with van der Waals surface area (Å²) < 4.78 is -0.654. The third-order valence-corrected chi connectivity index (χ3v) is 9.83. The van der Waals surface area contributed by atoms with E-state index in [1.54, 1.807) is 69.9 Å². The minimum absolute atomic E-state index is 0.0111. The summed E-state index contributed by atoms with van der Waals surface area (Å²) in [4.78, 5) is 46.8. The maximum Gasteiger partial charge on any atom is 0.251 e. The monoisotopic (exact) mass is 531 g/mol. The predicted octanol–water partition coefficient (Wildman–Crippen LogP) is 3.37. The maximum atomic E-state index is 14.3. The van der Waals surface area contributed by atoms with Crippen molar-refractivity contribution in [2.24, 2.45) is 11.8 Å². The lowest BCUT2D eigenvalue weighted by Gasteiger charge is -2.37. The molecule has 3 heterocycles. The minimum atomic E-state index is -0.693. The largest absolute Gasteiger partial charge is 0.396 e. The molecule has 0 aliphatic carbocycles. The highest BCUT2D eigenvalue weighted by molar-refractivity contribution is 8.02. The standard InChI is InChI=1S/C27H34ClN3O4S/c1-4-14-29(3)24(33)21-20-12-13-27(36-20)22(21)25(34)31(16-6-7-17-32)23(27)26(35)30(15-5-2)19-10-8-18(28)9-11-19/h4-5,8-11,20-23,32H,1-2,6-7,12-17H2,3H3/t20-,21+,22-,23?,27?/m0/s1. The summed E-state index contributed by atoms with van der Waals surface area (Å²) in [7, 11) is 1.74. The van der Waals surface area contributed by atoms with Crippen molar-refractivity contribution in [2.75, 3.05) is 38.2 Å². The van der Waals surface area contributed by atoms with E-state index < -0.39 is 22.6 Å². The number of likely N-dealkylation sites (N-methyl/N-ethyl adjacent to an activating group) is 1. The van der Waals surface area contributed by atoms with Gasteiger partial charge in [0.25, 0.3) is 5.91 Å². The molecule has 1 aromatic rings. The lowest BCUT2D eigenvalue weighted by Crippen LogP contribution is -2.55. The van der Waals surface area contributed by atoms with Crippen LogP contribution in [0.1, 0.15) is 25.7 Å². The molecule has 9 heteroatoms. The van der Waals surface area contributed by atoms with Crippen LogP contribution >= 0.6 is 23.4 Å². The Hall–Kier alpha value is -2.29. The highest BCUT2D eigenvalue weighted by Crippen LogP contribution is 2.66. The van der Waals surface area contributed by atoms with Gasteiger partial charge in [-0.15, -0.1) is 24.9 Å². The van der Waals surface area contributed by atoms with E-state index in [1.807, 2.05) is 0 Å². The summed E-state index contributed by atoms with van der Waals surface area (Å²) in [5, 5.41) is 9.92. The van der Waals surface area contributed by atoms with Crippen molar-refractivity contribution >= 4 is 46.8 Å². The van der Waals surface area contributed by atoms with Gasteiger partial charge in [0.2, 0.25) is 11.8 Å². The molecule has 2 bridgehead atoms. The van der Waals surface area contributed by atoms with E-state index >= 15 is 0 Å². The smallest absolute Gasteiger partial charge is 0.251 e. The number of aliphatic hydroxyl groups is 1. The first-order chi connectivity index (χ1) is 17.3. The van der Waals surface area contributed by atoms with Crippen LogP contribution in [-0.2, 0) is 14.4 Å². The molecule has 0 saturated carbocycles. The average molecular weight is 532 g/mol. The Morgan fingerprint density at radius 3 is 2.53 bits per heavy atom. The quantitative estimate of drug-likeness (QED) is 0.350. The predicted molar refractivity (Wildman–Crippen MR) is 144 cm³/mol. The number of amides is 3. The Balaban J connectivity index is 1.74. The van der Waals surface area contributed by atoms with Crippen LogP contribution in [0.4, 0.5) is 5.69 Å². The molecule has 36 heavy (non-hydrogen) atoms. The lowest BCUT2D eigenvalue weighted by molar-refractivity contribution is -0.143. The number of nitrogens with zero attached hydrogens (tertiary/aromatic N) is 3. The second kappa shape index (κ2) is 11.0. The number of halogens is 1. The molecule has 7 nitrogen and oxygen atoms in total. The molecule has 1 N–H and O–H groups in total. The van der Waals surface area contributed by atoms with Gasteiger partial charge >= 0.3 is 0 Å². The van der Waals surface area contributed by atoms with Crippen LogP contribution in [0.5, 0.6) is 0 Å². The second-order valence-electron chi connectivity index (χ2n) is 9.74. The third kappa shape index (κ3) is 4.48. The van der Waals surface area contributed by atoms with Gasteiger partial charge in [-0.05, 0) is 49.9 Å². The van der Waals surface area contributed by atoms with E-state index in [9.17, 15) is 19.5 Å². The van der Waals surface area contributed by atoms with E-state index in [0.29, 0.717) is 43.1 Å².